The zero-order chi connectivity index (χ0) is 21.8. The highest BCUT2D eigenvalue weighted by atomic mass is 19.1. The molecular weight excluding hydrogens is 381 g/mol. The predicted molar refractivity (Wildman–Crippen MR) is 119 cm³/mol. The Bertz CT molecular complexity index is 1070. The summed E-state index contributed by atoms with van der Waals surface area (Å²) in [5.74, 6) is 1.46. The fourth-order valence-electron chi connectivity index (χ4n) is 3.63. The Morgan fingerprint density at radius 2 is 1.83 bits per heavy atom. The van der Waals surface area contributed by atoms with Crippen molar-refractivity contribution in [3.05, 3.63) is 95.2 Å². The summed E-state index contributed by atoms with van der Waals surface area (Å²) >= 11 is 0. The number of benzene rings is 2. The van der Waals surface area contributed by atoms with Crippen molar-refractivity contribution in [1.82, 2.24) is 5.32 Å². The minimum atomic E-state index is -0.251. The quantitative estimate of drug-likeness (QED) is 0.488. The van der Waals surface area contributed by atoms with Crippen LogP contribution in [0.15, 0.2) is 72.7 Å². The van der Waals surface area contributed by atoms with Crippen molar-refractivity contribution in [2.75, 3.05) is 21.3 Å². The van der Waals surface area contributed by atoms with Crippen LogP contribution >= 0.6 is 0 Å². The second-order valence-corrected chi connectivity index (χ2v) is 6.95. The normalized spacial score (nSPS) is 13.5. The molecule has 0 amide bonds. The van der Waals surface area contributed by atoms with Crippen molar-refractivity contribution in [3.63, 3.8) is 0 Å². The molecule has 0 bridgehead atoms. The van der Waals surface area contributed by atoms with Crippen molar-refractivity contribution >= 4 is 11.3 Å². The first kappa shape index (κ1) is 21.2. The summed E-state index contributed by atoms with van der Waals surface area (Å²) in [5, 5.41) is 3.38. The molecule has 5 heteroatoms. The summed E-state index contributed by atoms with van der Waals surface area (Å²) < 4.78 is 30.8. The number of fused-ring (bicyclic) bond motifs is 1. The zero-order valence-corrected chi connectivity index (χ0v) is 17.8. The van der Waals surface area contributed by atoms with Gasteiger partial charge in [0.25, 0.3) is 0 Å². The number of halogens is 1. The Kier molecular flexibility index (Phi) is 6.31. The highest BCUT2D eigenvalue weighted by Gasteiger charge is 2.27. The summed E-state index contributed by atoms with van der Waals surface area (Å²) in [7, 11) is 4.75. The van der Waals surface area contributed by atoms with Crippen LogP contribution in [-0.4, -0.2) is 21.3 Å². The molecule has 4 nitrogen and oxygen atoms in total. The van der Waals surface area contributed by atoms with Crippen molar-refractivity contribution < 1.29 is 18.6 Å². The van der Waals surface area contributed by atoms with Gasteiger partial charge in [0.05, 0.1) is 26.9 Å². The minimum Gasteiger partial charge on any atom is -0.497 e. The fourth-order valence-corrected chi connectivity index (χ4v) is 3.63. The molecule has 0 saturated heterocycles. The van der Waals surface area contributed by atoms with Crippen LogP contribution in [-0.2, 0) is 11.2 Å². The van der Waals surface area contributed by atoms with Crippen LogP contribution in [0.4, 0.5) is 4.39 Å². The molecule has 30 heavy (non-hydrogen) atoms. The van der Waals surface area contributed by atoms with Crippen molar-refractivity contribution in [3.8, 4) is 11.5 Å². The molecule has 1 aliphatic rings. The van der Waals surface area contributed by atoms with Gasteiger partial charge in [0.2, 0.25) is 0 Å². The van der Waals surface area contributed by atoms with E-state index in [2.05, 4.69) is 18.5 Å². The monoisotopic (exact) mass is 407 g/mol. The maximum atomic E-state index is 14.5. The van der Waals surface area contributed by atoms with E-state index in [1.807, 2.05) is 31.2 Å². The van der Waals surface area contributed by atoms with Gasteiger partial charge < -0.3 is 19.5 Å². The number of nitrogens with one attached hydrogen (secondary N) is 1. The number of rotatable bonds is 7. The van der Waals surface area contributed by atoms with E-state index in [1.165, 1.54) is 6.07 Å². The number of methoxy groups -OCH3 is 3. The van der Waals surface area contributed by atoms with Gasteiger partial charge in [0, 0.05) is 17.8 Å². The molecule has 1 N–H and O–H groups in total. The van der Waals surface area contributed by atoms with Crippen LogP contribution in [0.2, 0.25) is 0 Å². The smallest absolute Gasteiger partial charge is 0.170 e. The third kappa shape index (κ3) is 3.96. The lowest BCUT2D eigenvalue weighted by Crippen LogP contribution is -2.22. The van der Waals surface area contributed by atoms with Gasteiger partial charge in [-0.05, 0) is 53.5 Å². The van der Waals surface area contributed by atoms with E-state index in [0.717, 1.165) is 28.0 Å². The number of ether oxygens (including phenoxy) is 3. The van der Waals surface area contributed by atoms with Crippen molar-refractivity contribution in [2.45, 2.75) is 13.3 Å². The lowest BCUT2D eigenvalue weighted by molar-refractivity contribution is 0.308. The van der Waals surface area contributed by atoms with E-state index in [-0.39, 0.29) is 5.82 Å². The summed E-state index contributed by atoms with van der Waals surface area (Å²) in [6.45, 7) is 10.0. The molecule has 1 aliphatic heterocycles. The standard InChI is InChI=1S/C25H26FNO3/c1-15(13-16(2)28-4)24-20(14-18-9-7-8-10-21(18)26)19-11-12-22(29-5)25(30-6)23(19)17(3)27-24/h7-13,27H,2-3,14H2,1,4-6H3/b15-13+. The summed E-state index contributed by atoms with van der Waals surface area (Å²) in [5.41, 5.74) is 5.62. The van der Waals surface area contributed by atoms with Crippen LogP contribution in [0.3, 0.4) is 0 Å². The third-order valence-corrected chi connectivity index (χ3v) is 5.11. The largest absolute Gasteiger partial charge is 0.497 e. The molecule has 156 valence electrons. The second-order valence-electron chi connectivity index (χ2n) is 6.95. The molecule has 3 rings (SSSR count). The van der Waals surface area contributed by atoms with Crippen molar-refractivity contribution in [1.29, 1.82) is 0 Å². The van der Waals surface area contributed by atoms with Crippen LogP contribution in [0.1, 0.15) is 23.6 Å². The highest BCUT2D eigenvalue weighted by Crippen LogP contribution is 2.44. The van der Waals surface area contributed by atoms with E-state index < -0.39 is 0 Å². The van der Waals surface area contributed by atoms with Gasteiger partial charge >= 0.3 is 0 Å². The number of allylic oxidation sites excluding steroid dienone is 3. The van der Waals surface area contributed by atoms with Gasteiger partial charge in [0.1, 0.15) is 11.6 Å². The molecule has 0 unspecified atom stereocenters. The second kappa shape index (κ2) is 8.91. The van der Waals surface area contributed by atoms with Crippen LogP contribution in [0, 0.1) is 5.82 Å². The minimum absolute atomic E-state index is 0.251. The topological polar surface area (TPSA) is 39.7 Å². The lowest BCUT2D eigenvalue weighted by Gasteiger charge is -2.29. The molecule has 0 atom stereocenters. The molecule has 2 aromatic rings. The Hall–Kier alpha value is -3.47. The van der Waals surface area contributed by atoms with E-state index in [9.17, 15) is 4.39 Å². The summed E-state index contributed by atoms with van der Waals surface area (Å²) in [4.78, 5) is 0. The predicted octanol–water partition coefficient (Wildman–Crippen LogP) is 5.48. The molecular formula is C25H26FNO3. The van der Waals surface area contributed by atoms with E-state index in [4.69, 9.17) is 14.2 Å². The van der Waals surface area contributed by atoms with Gasteiger partial charge in [-0.2, -0.15) is 0 Å². The maximum absolute atomic E-state index is 14.5. The zero-order valence-electron chi connectivity index (χ0n) is 17.8. The Morgan fingerprint density at radius 3 is 2.47 bits per heavy atom. The Balaban J connectivity index is 2.27. The first-order valence-electron chi connectivity index (χ1n) is 9.51. The molecule has 1 heterocycles. The molecule has 0 saturated carbocycles. The van der Waals surface area contributed by atoms with E-state index in [0.29, 0.717) is 34.9 Å². The molecule has 0 radical (unpaired) electrons. The molecule has 0 aliphatic carbocycles. The Labute approximate surface area is 177 Å². The SMILES string of the molecule is C=C(/C=C(\C)C1=C(Cc2ccccc2F)c2ccc(OC)c(OC)c2C(=C)N1)OC. The van der Waals surface area contributed by atoms with E-state index >= 15 is 0 Å². The Morgan fingerprint density at radius 1 is 1.10 bits per heavy atom. The maximum Gasteiger partial charge on any atom is 0.170 e. The highest BCUT2D eigenvalue weighted by molar-refractivity contribution is 5.91. The van der Waals surface area contributed by atoms with Gasteiger partial charge in [-0.25, -0.2) is 4.39 Å². The van der Waals surface area contributed by atoms with Crippen LogP contribution in [0.5, 0.6) is 11.5 Å². The van der Waals surface area contributed by atoms with Crippen molar-refractivity contribution in [2.24, 2.45) is 0 Å². The van der Waals surface area contributed by atoms with Gasteiger partial charge in [-0.1, -0.05) is 31.4 Å². The number of hydrogen-bond donors (Lipinski definition) is 1. The van der Waals surface area contributed by atoms with Gasteiger partial charge in [-0.15, -0.1) is 0 Å². The first-order chi connectivity index (χ1) is 14.4. The lowest BCUT2D eigenvalue weighted by atomic mass is 9.86. The molecule has 0 fully saturated rings. The fraction of sp³-hybridized carbons (Fsp3) is 0.200. The van der Waals surface area contributed by atoms with E-state index in [1.54, 1.807) is 33.5 Å². The van der Waals surface area contributed by atoms with Crippen LogP contribution < -0.4 is 14.8 Å². The van der Waals surface area contributed by atoms with Gasteiger partial charge in [0.15, 0.2) is 11.5 Å². The summed E-state index contributed by atoms with van der Waals surface area (Å²) in [6, 6.07) is 10.6. The van der Waals surface area contributed by atoms with Gasteiger partial charge in [-0.3, -0.25) is 0 Å². The number of hydrogen-bond acceptors (Lipinski definition) is 4. The molecule has 0 aromatic heterocycles. The summed E-state index contributed by atoms with van der Waals surface area (Å²) in [6.07, 6.45) is 2.22. The first-order valence-corrected chi connectivity index (χ1v) is 9.51. The van der Waals surface area contributed by atoms with Crippen LogP contribution in [0.25, 0.3) is 11.3 Å². The average molecular weight is 407 g/mol. The molecule has 2 aromatic carbocycles. The average Bonchev–Trinajstić information content (AvgIpc) is 2.75. The molecule has 0 spiro atoms. The third-order valence-electron chi connectivity index (χ3n) is 5.11.